The first-order chi connectivity index (χ1) is 14.4. The van der Waals surface area contributed by atoms with Gasteiger partial charge in [-0.3, -0.25) is 0 Å². The van der Waals surface area contributed by atoms with E-state index in [1.165, 1.54) is 24.1 Å². The van der Waals surface area contributed by atoms with Crippen LogP contribution in [0.15, 0.2) is 36.7 Å². The molecule has 150 valence electrons. The van der Waals surface area contributed by atoms with Gasteiger partial charge in [0, 0.05) is 30.4 Å². The van der Waals surface area contributed by atoms with Crippen LogP contribution >= 0.6 is 0 Å². The average molecular weight is 390 g/mol. The molecular formula is C23H26N4O2. The van der Waals surface area contributed by atoms with E-state index in [1.54, 1.807) is 6.33 Å². The Morgan fingerprint density at radius 3 is 2.76 bits per heavy atom. The normalized spacial score (nSPS) is 24.8. The van der Waals surface area contributed by atoms with Crippen LogP contribution in [0, 0.1) is 11.8 Å². The number of aromatic amines is 1. The standard InChI is InChI=1S/C23H26N4O2/c1-2-4-20-16(3-1)21(18(12-29-20)14-7-9-28-10-8-14)27-23-17-11-19(15-5-6-15)26-22(17)24-13-25-23/h1-4,11,13-15,18,21H,5-10,12H2,(H2,24,25,26,27). The lowest BCUT2D eigenvalue weighted by atomic mass is 9.77. The van der Waals surface area contributed by atoms with Crippen LogP contribution in [0.25, 0.3) is 11.0 Å². The number of nitrogens with zero attached hydrogens (tertiary/aromatic N) is 2. The number of rotatable bonds is 4. The molecule has 0 amide bonds. The molecule has 0 radical (unpaired) electrons. The maximum Gasteiger partial charge on any atom is 0.143 e. The van der Waals surface area contributed by atoms with Crippen molar-refractivity contribution in [2.75, 3.05) is 25.1 Å². The van der Waals surface area contributed by atoms with Crippen molar-refractivity contribution in [1.29, 1.82) is 0 Å². The van der Waals surface area contributed by atoms with E-state index >= 15 is 0 Å². The fraction of sp³-hybridized carbons (Fsp3) is 0.478. The monoisotopic (exact) mass is 390 g/mol. The van der Waals surface area contributed by atoms with Crippen molar-refractivity contribution in [2.24, 2.45) is 11.8 Å². The van der Waals surface area contributed by atoms with Gasteiger partial charge in [0.1, 0.15) is 23.5 Å². The number of aromatic nitrogens is 3. The summed E-state index contributed by atoms with van der Waals surface area (Å²) in [6.07, 6.45) is 6.37. The van der Waals surface area contributed by atoms with E-state index in [9.17, 15) is 0 Å². The molecule has 4 heterocycles. The van der Waals surface area contributed by atoms with Crippen molar-refractivity contribution in [2.45, 2.75) is 37.6 Å². The van der Waals surface area contributed by atoms with Crippen molar-refractivity contribution in [1.82, 2.24) is 15.0 Å². The Hall–Kier alpha value is -2.60. The highest BCUT2D eigenvalue weighted by Crippen LogP contribution is 2.44. The Kier molecular flexibility index (Phi) is 4.18. The zero-order valence-corrected chi connectivity index (χ0v) is 16.4. The van der Waals surface area contributed by atoms with E-state index in [0.717, 1.165) is 55.3 Å². The molecule has 3 aliphatic rings. The second-order valence-corrected chi connectivity index (χ2v) is 8.57. The Morgan fingerprint density at radius 1 is 1.03 bits per heavy atom. The molecule has 6 nitrogen and oxygen atoms in total. The van der Waals surface area contributed by atoms with Gasteiger partial charge in [-0.15, -0.1) is 0 Å². The van der Waals surface area contributed by atoms with Crippen LogP contribution in [0.5, 0.6) is 5.75 Å². The number of benzene rings is 1. The summed E-state index contributed by atoms with van der Waals surface area (Å²) >= 11 is 0. The minimum atomic E-state index is 0.167. The lowest BCUT2D eigenvalue weighted by Gasteiger charge is -2.40. The Balaban J connectivity index is 1.38. The lowest BCUT2D eigenvalue weighted by molar-refractivity contribution is 0.0264. The molecule has 1 aliphatic carbocycles. The molecule has 2 aliphatic heterocycles. The van der Waals surface area contributed by atoms with Gasteiger partial charge in [-0.2, -0.15) is 0 Å². The van der Waals surface area contributed by atoms with Gasteiger partial charge in [0.2, 0.25) is 0 Å². The highest BCUT2D eigenvalue weighted by Gasteiger charge is 2.37. The Labute approximate surface area is 170 Å². The Morgan fingerprint density at radius 2 is 1.90 bits per heavy atom. The van der Waals surface area contributed by atoms with Crippen molar-refractivity contribution < 1.29 is 9.47 Å². The van der Waals surface area contributed by atoms with Gasteiger partial charge in [0.05, 0.1) is 18.0 Å². The summed E-state index contributed by atoms with van der Waals surface area (Å²) in [6, 6.07) is 10.8. The minimum Gasteiger partial charge on any atom is -0.493 e. The predicted octanol–water partition coefficient (Wildman–Crippen LogP) is 4.42. The number of fused-ring (bicyclic) bond motifs is 2. The summed E-state index contributed by atoms with van der Waals surface area (Å²) in [5, 5.41) is 4.90. The lowest BCUT2D eigenvalue weighted by Crippen LogP contribution is -2.38. The van der Waals surface area contributed by atoms with Gasteiger partial charge < -0.3 is 19.8 Å². The van der Waals surface area contributed by atoms with Crippen LogP contribution in [0.2, 0.25) is 0 Å². The highest BCUT2D eigenvalue weighted by atomic mass is 16.5. The van der Waals surface area contributed by atoms with Crippen molar-refractivity contribution in [3.8, 4) is 5.75 Å². The molecule has 29 heavy (non-hydrogen) atoms. The first-order valence-electron chi connectivity index (χ1n) is 10.8. The predicted molar refractivity (Wildman–Crippen MR) is 111 cm³/mol. The second-order valence-electron chi connectivity index (χ2n) is 8.57. The second kappa shape index (κ2) is 7.02. The first kappa shape index (κ1) is 17.3. The largest absolute Gasteiger partial charge is 0.493 e. The van der Waals surface area contributed by atoms with E-state index in [2.05, 4.69) is 44.5 Å². The molecule has 2 atom stereocenters. The quantitative estimate of drug-likeness (QED) is 0.690. The minimum absolute atomic E-state index is 0.167. The fourth-order valence-electron chi connectivity index (χ4n) is 4.96. The van der Waals surface area contributed by atoms with Crippen LogP contribution in [-0.4, -0.2) is 34.8 Å². The van der Waals surface area contributed by atoms with Gasteiger partial charge in [-0.25, -0.2) is 9.97 Å². The van der Waals surface area contributed by atoms with Gasteiger partial charge in [-0.1, -0.05) is 18.2 Å². The van der Waals surface area contributed by atoms with Crippen LogP contribution in [-0.2, 0) is 4.74 Å². The molecule has 2 N–H and O–H groups in total. The third kappa shape index (κ3) is 3.15. The summed E-state index contributed by atoms with van der Waals surface area (Å²) in [7, 11) is 0. The summed E-state index contributed by atoms with van der Waals surface area (Å²) in [4.78, 5) is 12.6. The third-order valence-corrected chi connectivity index (χ3v) is 6.74. The molecule has 2 unspecified atom stereocenters. The number of anilines is 1. The van der Waals surface area contributed by atoms with Gasteiger partial charge in [0.15, 0.2) is 0 Å². The average Bonchev–Trinajstić information content (AvgIpc) is 3.53. The molecule has 2 fully saturated rings. The molecule has 3 aromatic rings. The van der Waals surface area contributed by atoms with E-state index in [4.69, 9.17) is 9.47 Å². The molecule has 0 bridgehead atoms. The van der Waals surface area contributed by atoms with Crippen LogP contribution in [0.3, 0.4) is 0 Å². The van der Waals surface area contributed by atoms with Crippen LogP contribution in [0.1, 0.15) is 48.9 Å². The summed E-state index contributed by atoms with van der Waals surface area (Å²) in [5.41, 5.74) is 3.43. The Bertz CT molecular complexity index is 1020. The molecule has 6 heteroatoms. The van der Waals surface area contributed by atoms with E-state index in [-0.39, 0.29) is 6.04 Å². The number of hydrogen-bond donors (Lipinski definition) is 2. The number of H-pyrrole nitrogens is 1. The summed E-state index contributed by atoms with van der Waals surface area (Å²) < 4.78 is 11.8. The van der Waals surface area contributed by atoms with Crippen LogP contribution in [0.4, 0.5) is 5.82 Å². The fourth-order valence-corrected chi connectivity index (χ4v) is 4.96. The van der Waals surface area contributed by atoms with E-state index in [0.29, 0.717) is 17.8 Å². The van der Waals surface area contributed by atoms with Gasteiger partial charge >= 0.3 is 0 Å². The molecule has 2 aromatic heterocycles. The van der Waals surface area contributed by atoms with E-state index in [1.807, 2.05) is 6.07 Å². The zero-order valence-electron chi connectivity index (χ0n) is 16.4. The van der Waals surface area contributed by atoms with Crippen molar-refractivity contribution in [3.63, 3.8) is 0 Å². The SMILES string of the molecule is c1ccc2c(c1)OCC(C1CCOCC1)C2Nc1ncnc2[nH]c(C3CC3)cc12. The maximum absolute atomic E-state index is 6.17. The molecule has 1 aromatic carbocycles. The third-order valence-electron chi connectivity index (χ3n) is 6.74. The van der Waals surface area contributed by atoms with Crippen molar-refractivity contribution in [3.05, 3.63) is 47.9 Å². The summed E-state index contributed by atoms with van der Waals surface area (Å²) in [6.45, 7) is 2.42. The number of nitrogens with one attached hydrogen (secondary N) is 2. The highest BCUT2D eigenvalue weighted by molar-refractivity contribution is 5.88. The first-order valence-corrected chi connectivity index (χ1v) is 10.8. The summed E-state index contributed by atoms with van der Waals surface area (Å²) in [5.74, 6) is 3.53. The molecule has 6 rings (SSSR count). The molecule has 1 saturated heterocycles. The smallest absolute Gasteiger partial charge is 0.143 e. The van der Waals surface area contributed by atoms with E-state index < -0.39 is 0 Å². The topological polar surface area (TPSA) is 72.1 Å². The van der Waals surface area contributed by atoms with Crippen LogP contribution < -0.4 is 10.1 Å². The maximum atomic E-state index is 6.17. The van der Waals surface area contributed by atoms with Crippen molar-refractivity contribution >= 4 is 16.9 Å². The van der Waals surface area contributed by atoms with Gasteiger partial charge in [-0.05, 0) is 49.7 Å². The van der Waals surface area contributed by atoms with Gasteiger partial charge in [0.25, 0.3) is 0 Å². The number of ether oxygens (including phenoxy) is 2. The zero-order chi connectivity index (χ0) is 19.2. The molecular weight excluding hydrogens is 364 g/mol. The number of hydrogen-bond acceptors (Lipinski definition) is 5. The molecule has 1 saturated carbocycles. The number of para-hydroxylation sites is 1. The molecule has 0 spiro atoms.